The third-order valence-corrected chi connectivity index (χ3v) is 3.91. The predicted octanol–water partition coefficient (Wildman–Crippen LogP) is 2.73. The van der Waals surface area contributed by atoms with Crippen LogP contribution in [0.1, 0.15) is 51.0 Å². The number of hydrogen-bond acceptors (Lipinski definition) is 4. The first-order valence-electron chi connectivity index (χ1n) is 8.33. The third-order valence-electron chi connectivity index (χ3n) is 3.91. The maximum atomic E-state index is 12.4. The molecule has 2 heterocycles. The van der Waals surface area contributed by atoms with E-state index in [0.29, 0.717) is 11.6 Å². The molecule has 136 valence electrons. The van der Waals surface area contributed by atoms with Gasteiger partial charge in [-0.25, -0.2) is 0 Å². The second kappa shape index (κ2) is 7.13. The summed E-state index contributed by atoms with van der Waals surface area (Å²) in [6.45, 7) is 9.75. The number of carbonyl (C=O) groups is 2. The van der Waals surface area contributed by atoms with Crippen molar-refractivity contribution < 1.29 is 14.0 Å². The molecule has 2 N–H and O–H groups in total. The standard InChI is InChI=1S/C18H26N4O3/c1-7-12-8-9-13(25-12)15(18(3,4)5)20-17(24)16(23)19-14-10-11(2)21-22(14)6/h8-10,15H,7H2,1-6H3,(H,19,23)(H,20,24)/t15-/m1/s1. The Balaban J connectivity index is 2.13. The first-order valence-corrected chi connectivity index (χ1v) is 8.33. The Morgan fingerprint density at radius 1 is 1.28 bits per heavy atom. The fourth-order valence-electron chi connectivity index (χ4n) is 2.55. The molecule has 0 aliphatic heterocycles. The van der Waals surface area contributed by atoms with Crippen molar-refractivity contribution in [3.8, 4) is 0 Å². The monoisotopic (exact) mass is 346 g/mol. The molecule has 0 saturated heterocycles. The first kappa shape index (κ1) is 18.8. The second-order valence-corrected chi connectivity index (χ2v) is 7.18. The largest absolute Gasteiger partial charge is 0.464 e. The average molecular weight is 346 g/mol. The summed E-state index contributed by atoms with van der Waals surface area (Å²) < 4.78 is 7.30. The van der Waals surface area contributed by atoms with Gasteiger partial charge in [-0.2, -0.15) is 5.10 Å². The highest BCUT2D eigenvalue weighted by Crippen LogP contribution is 2.33. The topological polar surface area (TPSA) is 89.2 Å². The van der Waals surface area contributed by atoms with Gasteiger partial charge in [-0.05, 0) is 24.5 Å². The minimum absolute atomic E-state index is 0.318. The molecular weight excluding hydrogens is 320 g/mol. The van der Waals surface area contributed by atoms with E-state index in [-0.39, 0.29) is 5.41 Å². The number of anilines is 1. The van der Waals surface area contributed by atoms with Crippen molar-refractivity contribution in [3.05, 3.63) is 35.4 Å². The number of nitrogens with zero attached hydrogens (tertiary/aromatic N) is 2. The fourth-order valence-corrected chi connectivity index (χ4v) is 2.55. The van der Waals surface area contributed by atoms with E-state index in [0.717, 1.165) is 17.9 Å². The molecule has 2 rings (SSSR count). The summed E-state index contributed by atoms with van der Waals surface area (Å²) in [4.78, 5) is 24.6. The minimum atomic E-state index is -0.737. The molecule has 0 aliphatic carbocycles. The van der Waals surface area contributed by atoms with E-state index in [1.165, 1.54) is 4.68 Å². The van der Waals surface area contributed by atoms with Crippen LogP contribution in [0.25, 0.3) is 0 Å². The molecule has 0 spiro atoms. The van der Waals surface area contributed by atoms with Crippen LogP contribution in [0.15, 0.2) is 22.6 Å². The van der Waals surface area contributed by atoms with Gasteiger partial charge in [-0.1, -0.05) is 27.7 Å². The number of aromatic nitrogens is 2. The van der Waals surface area contributed by atoms with Crippen molar-refractivity contribution >= 4 is 17.6 Å². The van der Waals surface area contributed by atoms with Gasteiger partial charge in [-0.3, -0.25) is 14.3 Å². The van der Waals surface area contributed by atoms with Crippen LogP contribution in [-0.2, 0) is 23.1 Å². The normalized spacial score (nSPS) is 12.7. The predicted molar refractivity (Wildman–Crippen MR) is 95.0 cm³/mol. The van der Waals surface area contributed by atoms with Gasteiger partial charge in [-0.15, -0.1) is 0 Å². The summed E-state index contributed by atoms with van der Waals surface area (Å²) in [5, 5.41) is 9.50. The molecule has 25 heavy (non-hydrogen) atoms. The van der Waals surface area contributed by atoms with Crippen LogP contribution in [0, 0.1) is 12.3 Å². The van der Waals surface area contributed by atoms with E-state index in [1.807, 2.05) is 46.8 Å². The minimum Gasteiger partial charge on any atom is -0.464 e. The maximum Gasteiger partial charge on any atom is 0.314 e. The van der Waals surface area contributed by atoms with Gasteiger partial charge in [0.1, 0.15) is 17.3 Å². The van der Waals surface area contributed by atoms with E-state index in [2.05, 4.69) is 15.7 Å². The summed E-state index contributed by atoms with van der Waals surface area (Å²) in [6, 6.07) is 5.02. The molecule has 0 fully saturated rings. The molecule has 2 aromatic heterocycles. The second-order valence-electron chi connectivity index (χ2n) is 7.18. The van der Waals surface area contributed by atoms with Crippen LogP contribution in [0.5, 0.6) is 0 Å². The lowest BCUT2D eigenvalue weighted by atomic mass is 9.85. The van der Waals surface area contributed by atoms with Gasteiger partial charge in [0.2, 0.25) is 0 Å². The van der Waals surface area contributed by atoms with Crippen molar-refractivity contribution in [1.82, 2.24) is 15.1 Å². The number of amides is 2. The average Bonchev–Trinajstić information content (AvgIpc) is 3.09. The zero-order chi connectivity index (χ0) is 18.8. The highest BCUT2D eigenvalue weighted by Gasteiger charge is 2.32. The number of rotatable bonds is 4. The third kappa shape index (κ3) is 4.49. The molecule has 0 bridgehead atoms. The maximum absolute atomic E-state index is 12.4. The number of aryl methyl sites for hydroxylation is 3. The van der Waals surface area contributed by atoms with Crippen molar-refractivity contribution in [2.24, 2.45) is 12.5 Å². The van der Waals surface area contributed by atoms with Crippen LogP contribution in [-0.4, -0.2) is 21.6 Å². The van der Waals surface area contributed by atoms with E-state index in [9.17, 15) is 9.59 Å². The SMILES string of the molecule is CCc1ccc([C@@H](NC(=O)C(=O)Nc2cc(C)nn2C)C(C)(C)C)o1. The number of carbonyl (C=O) groups excluding carboxylic acids is 2. The van der Waals surface area contributed by atoms with Crippen LogP contribution >= 0.6 is 0 Å². The smallest absolute Gasteiger partial charge is 0.314 e. The number of furan rings is 1. The Bertz CT molecular complexity index is 768. The van der Waals surface area contributed by atoms with Gasteiger partial charge in [0.15, 0.2) is 0 Å². The van der Waals surface area contributed by atoms with E-state index in [4.69, 9.17) is 4.42 Å². The van der Waals surface area contributed by atoms with Crippen molar-refractivity contribution in [1.29, 1.82) is 0 Å². The van der Waals surface area contributed by atoms with Gasteiger partial charge in [0, 0.05) is 19.5 Å². The molecule has 0 aliphatic rings. The molecule has 0 unspecified atom stereocenters. The van der Waals surface area contributed by atoms with Crippen LogP contribution in [0.2, 0.25) is 0 Å². The molecule has 2 amide bonds. The van der Waals surface area contributed by atoms with Gasteiger partial charge in [0.25, 0.3) is 0 Å². The zero-order valence-corrected chi connectivity index (χ0v) is 15.6. The molecule has 0 saturated carbocycles. The zero-order valence-electron chi connectivity index (χ0n) is 15.6. The van der Waals surface area contributed by atoms with Crippen LogP contribution < -0.4 is 10.6 Å². The van der Waals surface area contributed by atoms with E-state index < -0.39 is 17.9 Å². The molecule has 1 atom stereocenters. The van der Waals surface area contributed by atoms with Crippen LogP contribution in [0.4, 0.5) is 5.82 Å². The summed E-state index contributed by atoms with van der Waals surface area (Å²) in [6.07, 6.45) is 0.769. The Kier molecular flexibility index (Phi) is 5.35. The highest BCUT2D eigenvalue weighted by molar-refractivity contribution is 6.39. The summed E-state index contributed by atoms with van der Waals surface area (Å²) in [5.41, 5.74) is 0.440. The fraction of sp³-hybridized carbons (Fsp3) is 0.500. The lowest BCUT2D eigenvalue weighted by molar-refractivity contribution is -0.137. The number of hydrogen-bond donors (Lipinski definition) is 2. The van der Waals surface area contributed by atoms with E-state index in [1.54, 1.807) is 13.1 Å². The highest BCUT2D eigenvalue weighted by atomic mass is 16.3. The van der Waals surface area contributed by atoms with Gasteiger partial charge >= 0.3 is 11.8 Å². The Hall–Kier alpha value is -2.57. The Labute approximate surface area is 147 Å². The van der Waals surface area contributed by atoms with Gasteiger partial charge < -0.3 is 15.1 Å². The van der Waals surface area contributed by atoms with Crippen molar-refractivity contribution in [3.63, 3.8) is 0 Å². The molecule has 7 nitrogen and oxygen atoms in total. The summed E-state index contributed by atoms with van der Waals surface area (Å²) in [5.74, 6) is 0.499. The molecule has 0 radical (unpaired) electrons. The van der Waals surface area contributed by atoms with Crippen molar-refractivity contribution in [2.75, 3.05) is 5.32 Å². The van der Waals surface area contributed by atoms with Crippen molar-refractivity contribution in [2.45, 2.75) is 47.1 Å². The first-order chi connectivity index (χ1) is 11.6. The summed E-state index contributed by atoms with van der Waals surface area (Å²) in [7, 11) is 1.70. The molecule has 2 aromatic rings. The van der Waals surface area contributed by atoms with E-state index >= 15 is 0 Å². The lowest BCUT2D eigenvalue weighted by Crippen LogP contribution is -2.42. The molecular formula is C18H26N4O3. The summed E-state index contributed by atoms with van der Waals surface area (Å²) >= 11 is 0. The quantitative estimate of drug-likeness (QED) is 0.833. The van der Waals surface area contributed by atoms with Gasteiger partial charge in [0.05, 0.1) is 11.7 Å². The Morgan fingerprint density at radius 2 is 1.96 bits per heavy atom. The van der Waals surface area contributed by atoms with Crippen LogP contribution in [0.3, 0.4) is 0 Å². The Morgan fingerprint density at radius 3 is 2.44 bits per heavy atom. The molecule has 7 heteroatoms. The molecule has 0 aromatic carbocycles. The number of nitrogens with one attached hydrogen (secondary N) is 2. The lowest BCUT2D eigenvalue weighted by Gasteiger charge is -2.29.